The summed E-state index contributed by atoms with van der Waals surface area (Å²) in [7, 11) is 0. The van der Waals surface area contributed by atoms with E-state index in [1.165, 1.54) is 0 Å². The Morgan fingerprint density at radius 2 is 1.82 bits per heavy atom. The van der Waals surface area contributed by atoms with Crippen LogP contribution in [0.1, 0.15) is 27.3 Å². The molecule has 0 aliphatic heterocycles. The fourth-order valence-corrected chi connectivity index (χ4v) is 2.42. The second-order valence-electron chi connectivity index (χ2n) is 3.97. The van der Waals surface area contributed by atoms with E-state index in [4.69, 9.17) is 16.0 Å². The van der Waals surface area contributed by atoms with Gasteiger partial charge in [0.1, 0.15) is 11.6 Å². The van der Waals surface area contributed by atoms with Crippen LogP contribution in [0.25, 0.3) is 0 Å². The van der Waals surface area contributed by atoms with Gasteiger partial charge in [-0.3, -0.25) is 0 Å². The van der Waals surface area contributed by atoms with E-state index < -0.39 is 0 Å². The van der Waals surface area contributed by atoms with Gasteiger partial charge in [0, 0.05) is 0 Å². The van der Waals surface area contributed by atoms with Gasteiger partial charge >= 0.3 is 0 Å². The summed E-state index contributed by atoms with van der Waals surface area (Å²) < 4.78 is 18.9. The number of furan rings is 1. The van der Waals surface area contributed by atoms with E-state index in [9.17, 15) is 4.39 Å². The van der Waals surface area contributed by atoms with Crippen LogP contribution >= 0.6 is 27.5 Å². The predicted molar refractivity (Wildman–Crippen MR) is 70.4 cm³/mol. The minimum Gasteiger partial charge on any atom is -0.448 e. The summed E-state index contributed by atoms with van der Waals surface area (Å²) >= 11 is 9.26. The van der Waals surface area contributed by atoms with Crippen LogP contribution in [0.4, 0.5) is 4.39 Å². The van der Waals surface area contributed by atoms with E-state index in [0.29, 0.717) is 22.1 Å². The molecule has 0 spiro atoms. The Morgan fingerprint density at radius 3 is 2.29 bits per heavy atom. The van der Waals surface area contributed by atoms with Crippen LogP contribution in [0.15, 0.2) is 28.7 Å². The summed E-state index contributed by atoms with van der Waals surface area (Å²) in [5.74, 6) is 0.548. The molecule has 0 N–H and O–H groups in total. The summed E-state index contributed by atoms with van der Waals surface area (Å²) in [5, 5.41) is 0.347. The molecule has 2 rings (SSSR count). The van der Waals surface area contributed by atoms with Crippen LogP contribution in [0, 0.1) is 19.7 Å². The fraction of sp³-hybridized carbons (Fsp3) is 0.231. The molecule has 17 heavy (non-hydrogen) atoms. The molecular formula is C13H11BrClFO. The number of hydrogen-bond acceptors (Lipinski definition) is 1. The first-order valence-electron chi connectivity index (χ1n) is 5.15. The van der Waals surface area contributed by atoms with Gasteiger partial charge in [-0.1, -0.05) is 28.1 Å². The van der Waals surface area contributed by atoms with Crippen LogP contribution in [0.3, 0.4) is 0 Å². The minimum absolute atomic E-state index is 0.118. The summed E-state index contributed by atoms with van der Waals surface area (Å²) in [6, 6.07) is 7.10. The average molecular weight is 318 g/mol. The van der Waals surface area contributed by atoms with E-state index in [1.54, 1.807) is 38.1 Å². The van der Waals surface area contributed by atoms with Gasteiger partial charge in [-0.15, -0.1) is 0 Å². The van der Waals surface area contributed by atoms with Gasteiger partial charge in [0.15, 0.2) is 5.22 Å². The molecular weight excluding hydrogens is 306 g/mol. The van der Waals surface area contributed by atoms with Crippen LogP contribution in [-0.4, -0.2) is 0 Å². The Balaban J connectivity index is 2.41. The number of hydrogen-bond donors (Lipinski definition) is 0. The lowest BCUT2D eigenvalue weighted by Crippen LogP contribution is -1.96. The van der Waals surface area contributed by atoms with Crippen molar-refractivity contribution in [1.29, 1.82) is 0 Å². The normalized spacial score (nSPS) is 12.8. The molecule has 1 aromatic heterocycles. The molecule has 1 aromatic carbocycles. The standard InChI is InChI=1S/C13H11BrClFO/c1-7-5-9(6-8(2)13(7)16)12(14)10-3-4-11(15)17-10/h3-6,12H,1-2H3. The molecule has 0 radical (unpaired) electrons. The highest BCUT2D eigenvalue weighted by molar-refractivity contribution is 9.09. The molecule has 0 fully saturated rings. The largest absolute Gasteiger partial charge is 0.448 e. The van der Waals surface area contributed by atoms with Crippen LogP contribution in [0.2, 0.25) is 5.22 Å². The molecule has 0 bridgehead atoms. The van der Waals surface area contributed by atoms with Crippen molar-refractivity contribution in [2.24, 2.45) is 0 Å². The van der Waals surface area contributed by atoms with Crippen molar-refractivity contribution >= 4 is 27.5 Å². The highest BCUT2D eigenvalue weighted by atomic mass is 79.9. The number of aryl methyl sites for hydroxylation is 2. The zero-order valence-electron chi connectivity index (χ0n) is 9.43. The van der Waals surface area contributed by atoms with Gasteiger partial charge in [0.05, 0.1) is 4.83 Å². The Hall–Kier alpha value is -0.800. The molecule has 4 heteroatoms. The maximum atomic E-state index is 13.5. The monoisotopic (exact) mass is 316 g/mol. The van der Waals surface area contributed by atoms with Gasteiger partial charge in [0.25, 0.3) is 0 Å². The molecule has 1 nitrogen and oxygen atoms in total. The van der Waals surface area contributed by atoms with Gasteiger partial charge in [-0.25, -0.2) is 4.39 Å². The first-order chi connectivity index (χ1) is 7.99. The molecule has 0 aliphatic rings. The van der Waals surface area contributed by atoms with E-state index in [2.05, 4.69) is 15.9 Å². The summed E-state index contributed by atoms with van der Waals surface area (Å²) in [6.45, 7) is 3.50. The molecule has 2 aromatic rings. The third-order valence-electron chi connectivity index (χ3n) is 2.60. The first kappa shape index (κ1) is 12.7. The lowest BCUT2D eigenvalue weighted by molar-refractivity contribution is 0.521. The van der Waals surface area contributed by atoms with Gasteiger partial charge < -0.3 is 4.42 Å². The van der Waals surface area contributed by atoms with Crippen molar-refractivity contribution in [3.05, 3.63) is 57.8 Å². The van der Waals surface area contributed by atoms with Crippen LogP contribution in [0.5, 0.6) is 0 Å². The predicted octanol–water partition coefficient (Wildman–Crippen LogP) is 5.17. The zero-order chi connectivity index (χ0) is 12.6. The minimum atomic E-state index is -0.161. The molecule has 0 saturated heterocycles. The van der Waals surface area contributed by atoms with Crippen LogP contribution in [-0.2, 0) is 0 Å². The fourth-order valence-electron chi connectivity index (χ4n) is 1.75. The maximum absolute atomic E-state index is 13.5. The van der Waals surface area contributed by atoms with Crippen LogP contribution < -0.4 is 0 Å². The summed E-state index contributed by atoms with van der Waals surface area (Å²) in [4.78, 5) is -0.118. The number of rotatable bonds is 2. The van der Waals surface area contributed by atoms with E-state index in [-0.39, 0.29) is 10.6 Å². The van der Waals surface area contributed by atoms with Gasteiger partial charge in [-0.2, -0.15) is 0 Å². The van der Waals surface area contributed by atoms with Gasteiger partial charge in [-0.05, 0) is 54.3 Å². The van der Waals surface area contributed by atoms with Crippen molar-refractivity contribution in [2.45, 2.75) is 18.7 Å². The number of halogens is 3. The van der Waals surface area contributed by atoms with Crippen molar-refractivity contribution in [1.82, 2.24) is 0 Å². The topological polar surface area (TPSA) is 13.1 Å². The van der Waals surface area contributed by atoms with Crippen molar-refractivity contribution < 1.29 is 8.81 Å². The molecule has 90 valence electrons. The van der Waals surface area contributed by atoms with Gasteiger partial charge in [0.2, 0.25) is 0 Å². The SMILES string of the molecule is Cc1cc(C(Br)c2ccc(Cl)o2)cc(C)c1F. The highest BCUT2D eigenvalue weighted by Crippen LogP contribution is 2.34. The smallest absolute Gasteiger partial charge is 0.193 e. The molecule has 0 aliphatic carbocycles. The first-order valence-corrected chi connectivity index (χ1v) is 6.44. The lowest BCUT2D eigenvalue weighted by Gasteiger charge is -2.10. The zero-order valence-corrected chi connectivity index (χ0v) is 11.8. The lowest BCUT2D eigenvalue weighted by atomic mass is 10.0. The molecule has 1 heterocycles. The average Bonchev–Trinajstić information content (AvgIpc) is 2.71. The highest BCUT2D eigenvalue weighted by Gasteiger charge is 2.16. The molecule has 1 atom stereocenters. The summed E-state index contributed by atoms with van der Waals surface area (Å²) in [5.41, 5.74) is 2.21. The third kappa shape index (κ3) is 2.55. The van der Waals surface area contributed by atoms with Crippen molar-refractivity contribution in [3.8, 4) is 0 Å². The van der Waals surface area contributed by atoms with Crippen molar-refractivity contribution in [3.63, 3.8) is 0 Å². The Labute approximate surface area is 113 Å². The van der Waals surface area contributed by atoms with E-state index in [1.807, 2.05) is 0 Å². The number of alkyl halides is 1. The second-order valence-corrected chi connectivity index (χ2v) is 5.26. The van der Waals surface area contributed by atoms with E-state index in [0.717, 1.165) is 5.56 Å². The molecule has 1 unspecified atom stereocenters. The Kier molecular flexibility index (Phi) is 3.59. The number of benzene rings is 1. The Bertz CT molecular complexity index is 527. The van der Waals surface area contributed by atoms with E-state index >= 15 is 0 Å². The maximum Gasteiger partial charge on any atom is 0.193 e. The quantitative estimate of drug-likeness (QED) is 0.696. The molecule has 0 amide bonds. The van der Waals surface area contributed by atoms with Crippen molar-refractivity contribution in [2.75, 3.05) is 0 Å². The second kappa shape index (κ2) is 4.83. The third-order valence-corrected chi connectivity index (χ3v) is 3.78. The molecule has 0 saturated carbocycles. The summed E-state index contributed by atoms with van der Waals surface area (Å²) in [6.07, 6.45) is 0. The Morgan fingerprint density at radius 1 is 1.24 bits per heavy atom.